The summed E-state index contributed by atoms with van der Waals surface area (Å²) < 4.78 is 5.55. The fourth-order valence-corrected chi connectivity index (χ4v) is 2.69. The van der Waals surface area contributed by atoms with Gasteiger partial charge in [-0.3, -0.25) is 4.90 Å². The first-order valence-electron chi connectivity index (χ1n) is 8.03. The molecule has 0 spiro atoms. The molecule has 20 heavy (non-hydrogen) atoms. The van der Waals surface area contributed by atoms with E-state index in [4.69, 9.17) is 4.42 Å². The van der Waals surface area contributed by atoms with Crippen LogP contribution in [-0.4, -0.2) is 29.1 Å². The largest absolute Gasteiger partial charge is 0.468 e. The fraction of sp³-hybridized carbons (Fsp3) is 0.765. The summed E-state index contributed by atoms with van der Waals surface area (Å²) in [6.07, 6.45) is 6.95. The molecule has 1 fully saturated rings. The predicted octanol–water partition coefficient (Wildman–Crippen LogP) is 3.80. The summed E-state index contributed by atoms with van der Waals surface area (Å²) in [5.41, 5.74) is 0.186. The van der Waals surface area contributed by atoms with E-state index in [0.717, 1.165) is 24.9 Å². The molecular weight excluding hydrogens is 248 g/mol. The first kappa shape index (κ1) is 15.6. The molecule has 0 aliphatic heterocycles. The Morgan fingerprint density at radius 2 is 2.15 bits per heavy atom. The second-order valence-electron chi connectivity index (χ2n) is 7.06. The van der Waals surface area contributed by atoms with Crippen molar-refractivity contribution in [2.45, 2.75) is 77.5 Å². The molecule has 1 aromatic heterocycles. The van der Waals surface area contributed by atoms with Gasteiger partial charge in [0.2, 0.25) is 0 Å². The number of nitrogens with one attached hydrogen (secondary N) is 1. The lowest BCUT2D eigenvalue weighted by molar-refractivity contribution is 0.144. The van der Waals surface area contributed by atoms with Gasteiger partial charge in [0.05, 0.1) is 12.8 Å². The second-order valence-corrected chi connectivity index (χ2v) is 7.06. The first-order valence-corrected chi connectivity index (χ1v) is 8.03. The van der Waals surface area contributed by atoms with Gasteiger partial charge >= 0.3 is 0 Å². The molecule has 0 bridgehead atoms. The van der Waals surface area contributed by atoms with Crippen LogP contribution < -0.4 is 5.32 Å². The summed E-state index contributed by atoms with van der Waals surface area (Å²) >= 11 is 0. The molecule has 1 heterocycles. The highest BCUT2D eigenvalue weighted by Gasteiger charge is 2.34. The van der Waals surface area contributed by atoms with E-state index in [2.05, 4.69) is 44.0 Å². The van der Waals surface area contributed by atoms with Crippen LogP contribution in [0.4, 0.5) is 0 Å². The van der Waals surface area contributed by atoms with Gasteiger partial charge in [-0.25, -0.2) is 0 Å². The Kier molecular flexibility index (Phi) is 5.28. The first-order chi connectivity index (χ1) is 9.49. The number of hydrogen-bond acceptors (Lipinski definition) is 3. The maximum absolute atomic E-state index is 5.55. The Hall–Kier alpha value is -0.800. The topological polar surface area (TPSA) is 28.4 Å². The van der Waals surface area contributed by atoms with Crippen molar-refractivity contribution in [3.63, 3.8) is 0 Å². The van der Waals surface area contributed by atoms with Crippen molar-refractivity contribution in [3.8, 4) is 0 Å². The van der Waals surface area contributed by atoms with E-state index >= 15 is 0 Å². The average molecular weight is 278 g/mol. The van der Waals surface area contributed by atoms with E-state index in [9.17, 15) is 0 Å². The van der Waals surface area contributed by atoms with Crippen LogP contribution in [0, 0.1) is 0 Å². The smallest absolute Gasteiger partial charge is 0.117 e. The molecule has 3 heteroatoms. The van der Waals surface area contributed by atoms with Crippen LogP contribution in [0.2, 0.25) is 0 Å². The quantitative estimate of drug-likeness (QED) is 0.784. The molecular formula is C17H30N2O. The highest BCUT2D eigenvalue weighted by atomic mass is 16.3. The van der Waals surface area contributed by atoms with Crippen LogP contribution in [-0.2, 0) is 6.54 Å². The van der Waals surface area contributed by atoms with Crippen LogP contribution in [0.15, 0.2) is 22.8 Å². The number of rotatable bonds is 8. The van der Waals surface area contributed by atoms with Crippen molar-refractivity contribution in [2.24, 2.45) is 0 Å². The van der Waals surface area contributed by atoms with Gasteiger partial charge in [0.25, 0.3) is 0 Å². The van der Waals surface area contributed by atoms with Crippen molar-refractivity contribution in [1.29, 1.82) is 0 Å². The van der Waals surface area contributed by atoms with Crippen molar-refractivity contribution < 1.29 is 4.42 Å². The van der Waals surface area contributed by atoms with Gasteiger partial charge in [-0.05, 0) is 52.2 Å². The van der Waals surface area contributed by atoms with E-state index in [1.807, 2.05) is 6.07 Å². The molecule has 1 aliphatic carbocycles. The van der Waals surface area contributed by atoms with Gasteiger partial charge in [-0.15, -0.1) is 0 Å². The van der Waals surface area contributed by atoms with Crippen LogP contribution in [0.5, 0.6) is 0 Å². The Bertz CT molecular complexity index is 376. The summed E-state index contributed by atoms with van der Waals surface area (Å²) in [4.78, 5) is 2.65. The molecule has 1 unspecified atom stereocenters. The highest BCUT2D eigenvalue weighted by Crippen LogP contribution is 2.31. The maximum atomic E-state index is 5.55. The molecule has 1 aromatic rings. The van der Waals surface area contributed by atoms with Crippen molar-refractivity contribution in [2.75, 3.05) is 6.54 Å². The normalized spacial score (nSPS) is 17.6. The lowest BCUT2D eigenvalue weighted by atomic mass is 10.1. The van der Waals surface area contributed by atoms with Gasteiger partial charge in [0.15, 0.2) is 0 Å². The zero-order valence-corrected chi connectivity index (χ0v) is 13.5. The fourth-order valence-electron chi connectivity index (χ4n) is 2.69. The molecule has 0 saturated heterocycles. The monoisotopic (exact) mass is 278 g/mol. The lowest BCUT2D eigenvalue weighted by Gasteiger charge is -2.34. The van der Waals surface area contributed by atoms with Crippen molar-refractivity contribution in [1.82, 2.24) is 10.2 Å². The zero-order chi connectivity index (χ0) is 14.6. The lowest BCUT2D eigenvalue weighted by Crippen LogP contribution is -2.48. The second kappa shape index (κ2) is 6.77. The number of hydrogen-bond donors (Lipinski definition) is 1. The van der Waals surface area contributed by atoms with Crippen LogP contribution in [0.3, 0.4) is 0 Å². The van der Waals surface area contributed by atoms with E-state index in [-0.39, 0.29) is 5.54 Å². The zero-order valence-electron chi connectivity index (χ0n) is 13.5. The number of nitrogens with zero attached hydrogens (tertiary/aromatic N) is 1. The summed E-state index contributed by atoms with van der Waals surface area (Å²) in [6, 6.07) is 5.45. The Balaban J connectivity index is 1.98. The molecule has 1 aliphatic rings. The molecule has 1 saturated carbocycles. The summed E-state index contributed by atoms with van der Waals surface area (Å²) in [5.74, 6) is 1.09. The third-order valence-corrected chi connectivity index (χ3v) is 3.89. The van der Waals surface area contributed by atoms with E-state index in [0.29, 0.717) is 6.04 Å². The van der Waals surface area contributed by atoms with Crippen LogP contribution in [0.1, 0.15) is 59.1 Å². The Morgan fingerprint density at radius 1 is 1.40 bits per heavy atom. The van der Waals surface area contributed by atoms with Gasteiger partial charge in [0, 0.05) is 24.2 Å². The van der Waals surface area contributed by atoms with E-state index in [1.54, 1.807) is 6.26 Å². The molecule has 0 radical (unpaired) electrons. The third-order valence-electron chi connectivity index (χ3n) is 3.89. The van der Waals surface area contributed by atoms with Gasteiger partial charge < -0.3 is 9.73 Å². The van der Waals surface area contributed by atoms with Crippen molar-refractivity contribution >= 4 is 0 Å². The summed E-state index contributed by atoms with van der Waals surface area (Å²) in [5, 5.41) is 3.68. The van der Waals surface area contributed by atoms with Gasteiger partial charge in [-0.2, -0.15) is 0 Å². The summed E-state index contributed by atoms with van der Waals surface area (Å²) in [6.45, 7) is 11.0. The van der Waals surface area contributed by atoms with Crippen LogP contribution in [0.25, 0.3) is 0 Å². The van der Waals surface area contributed by atoms with Crippen molar-refractivity contribution in [3.05, 3.63) is 24.2 Å². The number of furan rings is 1. The Labute approximate surface area is 123 Å². The average Bonchev–Trinajstić information content (AvgIpc) is 3.08. The molecule has 2 rings (SSSR count). The van der Waals surface area contributed by atoms with Crippen LogP contribution >= 0.6 is 0 Å². The van der Waals surface area contributed by atoms with Gasteiger partial charge in [0.1, 0.15) is 5.76 Å². The minimum Gasteiger partial charge on any atom is -0.468 e. The molecule has 3 nitrogen and oxygen atoms in total. The molecule has 1 N–H and O–H groups in total. The predicted molar refractivity (Wildman–Crippen MR) is 83.7 cm³/mol. The Morgan fingerprint density at radius 3 is 2.65 bits per heavy atom. The van der Waals surface area contributed by atoms with E-state index < -0.39 is 0 Å². The standard InChI is InChI=1S/C17H30N2O/c1-5-7-15(12-18-17(2,3)4)19(14-9-10-14)13-16-8-6-11-20-16/h6,8,11,14-15,18H,5,7,9-10,12-13H2,1-4H3. The van der Waals surface area contributed by atoms with Gasteiger partial charge in [-0.1, -0.05) is 13.3 Å². The maximum Gasteiger partial charge on any atom is 0.117 e. The minimum atomic E-state index is 0.186. The summed E-state index contributed by atoms with van der Waals surface area (Å²) in [7, 11) is 0. The highest BCUT2D eigenvalue weighted by molar-refractivity contribution is 5.01. The third kappa shape index (κ3) is 4.95. The molecule has 0 aromatic carbocycles. The molecule has 1 atom stereocenters. The van der Waals surface area contributed by atoms with E-state index in [1.165, 1.54) is 25.7 Å². The molecule has 114 valence electrons. The SMILES string of the molecule is CCCC(CNC(C)(C)C)N(Cc1ccco1)C1CC1. The molecule has 0 amide bonds. The minimum absolute atomic E-state index is 0.186.